The van der Waals surface area contributed by atoms with Gasteiger partial charge in [0, 0.05) is 33.4 Å². The Kier molecular flexibility index (Phi) is 5.40. The second kappa shape index (κ2) is 7.42. The average Bonchev–Trinajstić information content (AvgIpc) is 3.24. The fourth-order valence-corrected chi connectivity index (χ4v) is 4.67. The molecule has 0 amide bonds. The van der Waals surface area contributed by atoms with E-state index in [1.165, 1.54) is 4.31 Å². The molecule has 0 aromatic carbocycles. The molecule has 0 spiro atoms. The zero-order valence-corrected chi connectivity index (χ0v) is 16.6. The highest BCUT2D eigenvalue weighted by atomic mass is 32.2. The lowest BCUT2D eigenvalue weighted by Crippen LogP contribution is -2.39. The number of nitrogens with zero attached hydrogens (tertiary/aromatic N) is 6. The van der Waals surface area contributed by atoms with E-state index in [1.807, 2.05) is 23.7 Å². The lowest BCUT2D eigenvalue weighted by atomic mass is 10.1. The largest absolute Gasteiger partial charge is 0.282 e. The van der Waals surface area contributed by atoms with Gasteiger partial charge in [-0.2, -0.15) is 22.1 Å². The summed E-state index contributed by atoms with van der Waals surface area (Å²) in [6.45, 7) is 5.26. The molecule has 1 fully saturated rings. The number of aryl methyl sites for hydroxylation is 2. The van der Waals surface area contributed by atoms with Crippen LogP contribution in [0.15, 0.2) is 18.3 Å². The van der Waals surface area contributed by atoms with Crippen molar-refractivity contribution in [3.8, 4) is 11.4 Å². The smallest absolute Gasteiger partial charge is 0.263 e. The Morgan fingerprint density at radius 1 is 1.31 bits per heavy atom. The Hall–Kier alpha value is -1.84. The van der Waals surface area contributed by atoms with Crippen molar-refractivity contribution in [1.82, 2.24) is 28.4 Å². The van der Waals surface area contributed by atoms with E-state index < -0.39 is 10.2 Å². The molecule has 2 aromatic rings. The molecule has 0 N–H and O–H groups in total. The van der Waals surface area contributed by atoms with Crippen LogP contribution < -0.4 is 0 Å². The van der Waals surface area contributed by atoms with Crippen molar-refractivity contribution >= 4 is 10.2 Å². The van der Waals surface area contributed by atoms with Crippen LogP contribution in [0.1, 0.15) is 43.7 Å². The molecule has 2 aromatic heterocycles. The predicted octanol–water partition coefficient (Wildman–Crippen LogP) is 2.00. The molecule has 0 radical (unpaired) electrons. The van der Waals surface area contributed by atoms with Crippen LogP contribution in [0.3, 0.4) is 0 Å². The third kappa shape index (κ3) is 3.51. The Labute approximate surface area is 155 Å². The van der Waals surface area contributed by atoms with Crippen molar-refractivity contribution in [2.24, 2.45) is 0 Å². The van der Waals surface area contributed by atoms with Crippen LogP contribution in [0, 0.1) is 6.92 Å². The first-order chi connectivity index (χ1) is 12.3. The van der Waals surface area contributed by atoms with Gasteiger partial charge in [-0.05, 0) is 38.3 Å². The monoisotopic (exact) mass is 378 g/mol. The maximum Gasteiger partial charge on any atom is 0.282 e. The summed E-state index contributed by atoms with van der Waals surface area (Å²) in [5.74, 6) is 0.635. The van der Waals surface area contributed by atoms with Crippen molar-refractivity contribution in [2.75, 3.05) is 20.6 Å². The Morgan fingerprint density at radius 3 is 2.77 bits per heavy atom. The third-order valence-corrected chi connectivity index (χ3v) is 6.53. The topological polar surface area (TPSA) is 84.2 Å². The van der Waals surface area contributed by atoms with E-state index in [1.54, 1.807) is 24.6 Å². The Balaban J connectivity index is 2.01. The van der Waals surface area contributed by atoms with Crippen molar-refractivity contribution in [3.63, 3.8) is 0 Å². The van der Waals surface area contributed by atoms with E-state index in [-0.39, 0.29) is 6.04 Å². The quantitative estimate of drug-likeness (QED) is 0.768. The Bertz CT molecular complexity index is 877. The fourth-order valence-electron chi connectivity index (χ4n) is 3.35. The second-order valence-electron chi connectivity index (χ2n) is 6.72. The zero-order chi connectivity index (χ0) is 18.9. The van der Waals surface area contributed by atoms with Gasteiger partial charge in [0.2, 0.25) is 0 Å². The van der Waals surface area contributed by atoms with Gasteiger partial charge >= 0.3 is 0 Å². The van der Waals surface area contributed by atoms with Gasteiger partial charge < -0.3 is 0 Å². The molecular weight excluding hydrogens is 352 g/mol. The van der Waals surface area contributed by atoms with E-state index in [4.69, 9.17) is 0 Å². The molecule has 0 unspecified atom stereocenters. The third-order valence-electron chi connectivity index (χ3n) is 4.58. The van der Waals surface area contributed by atoms with Crippen LogP contribution in [-0.4, -0.2) is 57.4 Å². The summed E-state index contributed by atoms with van der Waals surface area (Å²) in [5.41, 5.74) is 2.46. The minimum absolute atomic E-state index is 0.259. The summed E-state index contributed by atoms with van der Waals surface area (Å²) >= 11 is 0. The van der Waals surface area contributed by atoms with Crippen LogP contribution in [0.4, 0.5) is 0 Å². The first-order valence-electron chi connectivity index (χ1n) is 8.91. The lowest BCUT2D eigenvalue weighted by Gasteiger charge is -2.26. The highest BCUT2D eigenvalue weighted by Gasteiger charge is 2.37. The maximum absolute atomic E-state index is 12.6. The molecule has 1 atom stereocenters. The number of hydrogen-bond acceptors (Lipinski definition) is 5. The summed E-state index contributed by atoms with van der Waals surface area (Å²) in [6.07, 6.45) is 4.32. The molecular formula is C17H26N6O2S. The summed E-state index contributed by atoms with van der Waals surface area (Å²) in [6, 6.07) is 3.58. The van der Waals surface area contributed by atoms with Crippen molar-refractivity contribution in [3.05, 3.63) is 29.8 Å². The van der Waals surface area contributed by atoms with Crippen LogP contribution in [0.25, 0.3) is 11.4 Å². The highest BCUT2D eigenvalue weighted by Crippen LogP contribution is 2.35. The van der Waals surface area contributed by atoms with Crippen LogP contribution in [-0.2, 0) is 16.8 Å². The SMILES string of the molecule is CCCn1nccc1-c1cc([C@@H]2CCCN2S(=O)(=O)N(C)C)nc(C)n1. The van der Waals surface area contributed by atoms with Gasteiger partial charge in [-0.1, -0.05) is 6.92 Å². The number of aromatic nitrogens is 4. The van der Waals surface area contributed by atoms with Gasteiger partial charge in [0.25, 0.3) is 10.2 Å². The molecule has 0 aliphatic carbocycles. The lowest BCUT2D eigenvalue weighted by molar-refractivity contribution is 0.357. The van der Waals surface area contributed by atoms with Crippen LogP contribution >= 0.6 is 0 Å². The van der Waals surface area contributed by atoms with Crippen LogP contribution in [0.2, 0.25) is 0 Å². The minimum Gasteiger partial charge on any atom is -0.263 e. The molecule has 0 bridgehead atoms. The van der Waals surface area contributed by atoms with E-state index in [2.05, 4.69) is 22.0 Å². The molecule has 142 valence electrons. The van der Waals surface area contributed by atoms with Gasteiger partial charge in [-0.25, -0.2) is 9.97 Å². The van der Waals surface area contributed by atoms with E-state index >= 15 is 0 Å². The van der Waals surface area contributed by atoms with Crippen molar-refractivity contribution < 1.29 is 8.42 Å². The van der Waals surface area contributed by atoms with E-state index in [0.717, 1.165) is 42.9 Å². The molecule has 26 heavy (non-hydrogen) atoms. The average molecular weight is 379 g/mol. The van der Waals surface area contributed by atoms with E-state index in [0.29, 0.717) is 12.4 Å². The summed E-state index contributed by atoms with van der Waals surface area (Å²) in [7, 11) is -0.361. The Morgan fingerprint density at radius 2 is 2.08 bits per heavy atom. The van der Waals surface area contributed by atoms with Gasteiger partial charge in [0.05, 0.1) is 23.1 Å². The molecule has 9 heteroatoms. The van der Waals surface area contributed by atoms with Gasteiger partial charge in [0.15, 0.2) is 0 Å². The predicted molar refractivity (Wildman–Crippen MR) is 99.6 cm³/mol. The van der Waals surface area contributed by atoms with Gasteiger partial charge in [0.1, 0.15) is 5.82 Å². The highest BCUT2D eigenvalue weighted by molar-refractivity contribution is 7.86. The second-order valence-corrected chi connectivity index (χ2v) is 8.82. The standard InChI is InChI=1S/C17H26N6O2S/c1-5-10-22-16(8-9-18-22)14-12-15(20-13(2)19-14)17-7-6-11-23(17)26(24,25)21(3)4/h8-9,12,17H,5-7,10-11H2,1-4H3/t17-/m0/s1. The summed E-state index contributed by atoms with van der Waals surface area (Å²) < 4.78 is 30.0. The normalized spacial score (nSPS) is 18.7. The molecule has 8 nitrogen and oxygen atoms in total. The molecule has 1 saturated heterocycles. The van der Waals surface area contributed by atoms with Crippen molar-refractivity contribution in [2.45, 2.75) is 45.7 Å². The first kappa shape index (κ1) is 18.9. The molecule has 3 heterocycles. The zero-order valence-electron chi connectivity index (χ0n) is 15.8. The van der Waals surface area contributed by atoms with Gasteiger partial charge in [-0.15, -0.1) is 0 Å². The van der Waals surface area contributed by atoms with E-state index in [9.17, 15) is 8.42 Å². The summed E-state index contributed by atoms with van der Waals surface area (Å²) in [4.78, 5) is 9.12. The molecule has 3 rings (SSSR count). The van der Waals surface area contributed by atoms with Crippen molar-refractivity contribution in [1.29, 1.82) is 0 Å². The maximum atomic E-state index is 12.6. The fraction of sp³-hybridized carbons (Fsp3) is 0.588. The summed E-state index contributed by atoms with van der Waals surface area (Å²) in [5, 5.41) is 4.36. The first-order valence-corrected chi connectivity index (χ1v) is 10.3. The number of hydrogen-bond donors (Lipinski definition) is 0. The molecule has 0 saturated carbocycles. The van der Waals surface area contributed by atoms with Gasteiger partial charge in [-0.3, -0.25) is 4.68 Å². The molecule has 1 aliphatic rings. The van der Waals surface area contributed by atoms with Crippen LogP contribution in [0.5, 0.6) is 0 Å². The molecule has 1 aliphatic heterocycles. The number of rotatable bonds is 6. The minimum atomic E-state index is -3.48.